The molecule has 5 nitrogen and oxygen atoms in total. The highest BCUT2D eigenvalue weighted by molar-refractivity contribution is 9.10. The molecule has 0 unspecified atom stereocenters. The van der Waals surface area contributed by atoms with Gasteiger partial charge in [-0.15, -0.1) is 0 Å². The second-order valence-electron chi connectivity index (χ2n) is 6.14. The van der Waals surface area contributed by atoms with E-state index in [1.54, 1.807) is 6.26 Å². The van der Waals surface area contributed by atoms with Crippen molar-refractivity contribution in [2.24, 2.45) is 4.99 Å². The number of halogens is 1. The van der Waals surface area contributed by atoms with Gasteiger partial charge in [0.1, 0.15) is 12.0 Å². The first-order valence-electron chi connectivity index (χ1n) is 8.12. The fourth-order valence-corrected chi connectivity index (χ4v) is 3.53. The van der Waals surface area contributed by atoms with Crippen LogP contribution in [0.2, 0.25) is 0 Å². The van der Waals surface area contributed by atoms with Gasteiger partial charge in [-0.1, -0.05) is 0 Å². The summed E-state index contributed by atoms with van der Waals surface area (Å²) in [5.41, 5.74) is 3.49. The van der Waals surface area contributed by atoms with E-state index < -0.39 is 0 Å². The topological polar surface area (TPSA) is 54.5 Å². The summed E-state index contributed by atoms with van der Waals surface area (Å²) in [6.45, 7) is 3.61. The summed E-state index contributed by atoms with van der Waals surface area (Å²) in [5.74, 6) is 1.82. The number of aromatic nitrogens is 2. The van der Waals surface area contributed by atoms with Gasteiger partial charge in [0.2, 0.25) is 0 Å². The van der Waals surface area contributed by atoms with E-state index in [4.69, 9.17) is 9.40 Å². The lowest BCUT2D eigenvalue weighted by molar-refractivity contribution is 0.223. The molecule has 0 saturated heterocycles. The molecular formula is C17H19BrN4O. The van der Waals surface area contributed by atoms with Gasteiger partial charge in [-0.2, -0.15) is 0 Å². The Labute approximate surface area is 144 Å². The highest BCUT2D eigenvalue weighted by Crippen LogP contribution is 2.21. The van der Waals surface area contributed by atoms with Crippen LogP contribution < -0.4 is 0 Å². The van der Waals surface area contributed by atoms with Crippen molar-refractivity contribution >= 4 is 21.6 Å². The minimum absolute atomic E-state index is 0.819. The minimum Gasteiger partial charge on any atom is -0.467 e. The molecule has 0 bridgehead atoms. The van der Waals surface area contributed by atoms with Crippen molar-refractivity contribution in [1.29, 1.82) is 0 Å². The molecule has 6 heteroatoms. The molecule has 4 heterocycles. The van der Waals surface area contributed by atoms with E-state index in [2.05, 4.69) is 30.8 Å². The minimum atomic E-state index is 0.819. The Kier molecular flexibility index (Phi) is 4.27. The van der Waals surface area contributed by atoms with Crippen molar-refractivity contribution in [2.45, 2.75) is 38.8 Å². The van der Waals surface area contributed by atoms with Gasteiger partial charge in [0.15, 0.2) is 5.82 Å². The average molecular weight is 375 g/mol. The number of nitrogens with zero attached hydrogens (tertiary/aromatic N) is 4. The molecule has 0 amide bonds. The molecule has 23 heavy (non-hydrogen) atoms. The smallest absolute Gasteiger partial charge is 0.173 e. The largest absolute Gasteiger partial charge is 0.467 e. The third kappa shape index (κ3) is 3.38. The van der Waals surface area contributed by atoms with Crippen LogP contribution in [0.4, 0.5) is 0 Å². The molecule has 2 aromatic rings. The van der Waals surface area contributed by atoms with Gasteiger partial charge in [0, 0.05) is 37.8 Å². The van der Waals surface area contributed by atoms with Crippen molar-refractivity contribution in [3.8, 4) is 0 Å². The van der Waals surface area contributed by atoms with E-state index in [0.29, 0.717) is 0 Å². The lowest BCUT2D eigenvalue weighted by atomic mass is 10.1. The normalized spacial score (nSPS) is 18.6. The Hall–Kier alpha value is -1.53. The van der Waals surface area contributed by atoms with Gasteiger partial charge < -0.3 is 4.42 Å². The SMILES string of the molecule is Brc1coc(CN2CCc3nc(C4=NCCCC4)ncc3C2)c1. The van der Waals surface area contributed by atoms with Crippen LogP contribution in [0.3, 0.4) is 0 Å². The van der Waals surface area contributed by atoms with Crippen LogP contribution in [0.25, 0.3) is 0 Å². The molecule has 0 aliphatic carbocycles. The molecule has 0 aromatic carbocycles. The zero-order valence-corrected chi connectivity index (χ0v) is 14.5. The summed E-state index contributed by atoms with van der Waals surface area (Å²) >= 11 is 3.42. The van der Waals surface area contributed by atoms with E-state index >= 15 is 0 Å². The fraction of sp³-hybridized carbons (Fsp3) is 0.471. The second kappa shape index (κ2) is 6.53. The van der Waals surface area contributed by atoms with Gasteiger partial charge in [0.25, 0.3) is 0 Å². The van der Waals surface area contributed by atoms with Crippen molar-refractivity contribution in [3.63, 3.8) is 0 Å². The molecule has 2 aromatic heterocycles. The van der Waals surface area contributed by atoms with Crippen LogP contribution in [0.5, 0.6) is 0 Å². The van der Waals surface area contributed by atoms with Crippen LogP contribution in [0, 0.1) is 0 Å². The Bertz CT molecular complexity index is 740. The van der Waals surface area contributed by atoms with E-state index in [0.717, 1.165) is 60.8 Å². The van der Waals surface area contributed by atoms with Crippen LogP contribution >= 0.6 is 15.9 Å². The predicted molar refractivity (Wildman–Crippen MR) is 91.5 cm³/mol. The van der Waals surface area contributed by atoms with Crippen LogP contribution in [-0.4, -0.2) is 33.7 Å². The lowest BCUT2D eigenvalue weighted by Crippen LogP contribution is -2.31. The maximum absolute atomic E-state index is 5.52. The summed E-state index contributed by atoms with van der Waals surface area (Å²) in [5, 5.41) is 0. The molecule has 0 saturated carbocycles. The van der Waals surface area contributed by atoms with Crippen molar-refractivity contribution in [2.75, 3.05) is 13.1 Å². The molecule has 0 spiro atoms. The summed E-state index contributed by atoms with van der Waals surface area (Å²) in [6.07, 6.45) is 8.07. The Morgan fingerprint density at radius 1 is 1.26 bits per heavy atom. The maximum atomic E-state index is 5.52. The standard InChI is InChI=1S/C17H19BrN4O/c18-13-7-14(23-11-13)10-22-6-4-15-12(9-22)8-20-17(21-15)16-3-1-2-5-19-16/h7-8,11H,1-6,9-10H2. The fourth-order valence-electron chi connectivity index (χ4n) is 3.19. The predicted octanol–water partition coefficient (Wildman–Crippen LogP) is 3.36. The third-order valence-electron chi connectivity index (χ3n) is 4.40. The first-order chi connectivity index (χ1) is 11.3. The molecule has 0 N–H and O–H groups in total. The highest BCUT2D eigenvalue weighted by Gasteiger charge is 2.21. The second-order valence-corrected chi connectivity index (χ2v) is 7.06. The van der Waals surface area contributed by atoms with Gasteiger partial charge in [-0.3, -0.25) is 9.89 Å². The van der Waals surface area contributed by atoms with Crippen molar-refractivity contribution < 1.29 is 4.42 Å². The number of hydrogen-bond acceptors (Lipinski definition) is 5. The molecule has 2 aliphatic rings. The number of fused-ring (bicyclic) bond motifs is 1. The number of aliphatic imine (C=N–C) groups is 1. The molecule has 0 radical (unpaired) electrons. The summed E-state index contributed by atoms with van der Waals surface area (Å²) < 4.78 is 6.51. The monoisotopic (exact) mass is 374 g/mol. The van der Waals surface area contributed by atoms with E-state index in [1.165, 1.54) is 24.1 Å². The maximum Gasteiger partial charge on any atom is 0.173 e. The Morgan fingerprint density at radius 2 is 2.22 bits per heavy atom. The zero-order chi connectivity index (χ0) is 15.6. The van der Waals surface area contributed by atoms with Crippen LogP contribution in [-0.2, 0) is 19.5 Å². The first-order valence-corrected chi connectivity index (χ1v) is 8.91. The molecule has 120 valence electrons. The Morgan fingerprint density at radius 3 is 3.00 bits per heavy atom. The van der Waals surface area contributed by atoms with Crippen molar-refractivity contribution in [3.05, 3.63) is 45.8 Å². The van der Waals surface area contributed by atoms with E-state index in [1.807, 2.05) is 12.3 Å². The molecule has 4 rings (SSSR count). The average Bonchev–Trinajstić information content (AvgIpc) is 3.00. The Balaban J connectivity index is 1.48. The lowest BCUT2D eigenvalue weighted by Gasteiger charge is -2.27. The summed E-state index contributed by atoms with van der Waals surface area (Å²) in [4.78, 5) is 16.3. The quantitative estimate of drug-likeness (QED) is 0.826. The van der Waals surface area contributed by atoms with Crippen LogP contribution in [0.15, 0.2) is 32.4 Å². The van der Waals surface area contributed by atoms with Gasteiger partial charge in [-0.05, 0) is 41.3 Å². The first kappa shape index (κ1) is 15.0. The number of furan rings is 1. The molecular weight excluding hydrogens is 356 g/mol. The van der Waals surface area contributed by atoms with E-state index in [9.17, 15) is 0 Å². The van der Waals surface area contributed by atoms with Gasteiger partial charge in [-0.25, -0.2) is 9.97 Å². The van der Waals surface area contributed by atoms with Crippen molar-refractivity contribution in [1.82, 2.24) is 14.9 Å². The molecule has 0 atom stereocenters. The zero-order valence-electron chi connectivity index (χ0n) is 13.0. The summed E-state index contributed by atoms with van der Waals surface area (Å²) in [6, 6.07) is 2.02. The third-order valence-corrected chi connectivity index (χ3v) is 4.81. The molecule has 2 aliphatic heterocycles. The van der Waals surface area contributed by atoms with Gasteiger partial charge in [0.05, 0.1) is 22.4 Å². The van der Waals surface area contributed by atoms with E-state index in [-0.39, 0.29) is 0 Å². The van der Waals surface area contributed by atoms with Crippen LogP contribution in [0.1, 0.15) is 42.1 Å². The van der Waals surface area contributed by atoms with Gasteiger partial charge >= 0.3 is 0 Å². The number of hydrogen-bond donors (Lipinski definition) is 0. The summed E-state index contributed by atoms with van der Waals surface area (Å²) in [7, 11) is 0. The number of rotatable bonds is 3. The highest BCUT2D eigenvalue weighted by atomic mass is 79.9. The molecule has 0 fully saturated rings.